The van der Waals surface area contributed by atoms with E-state index in [0.29, 0.717) is 19.0 Å². The number of nitrogens with zero attached hydrogens (tertiary/aromatic N) is 1. The van der Waals surface area contributed by atoms with Gasteiger partial charge in [-0.15, -0.1) is 0 Å². The molecule has 2 aromatic rings. The first-order chi connectivity index (χ1) is 9.61. The van der Waals surface area contributed by atoms with E-state index in [0.717, 1.165) is 22.9 Å². The summed E-state index contributed by atoms with van der Waals surface area (Å²) in [5, 5.41) is 13.3. The fraction of sp³-hybridized carbons (Fsp3) is 0.438. The SMILES string of the molecule is CC(C)CCNC(=O)Cn1cc(CO)c2ccccc21. The number of nitrogens with one attached hydrogen (secondary N) is 1. The predicted octanol–water partition coefficient (Wildman–Crippen LogP) is 2.30. The summed E-state index contributed by atoms with van der Waals surface area (Å²) in [5.74, 6) is 0.597. The van der Waals surface area contributed by atoms with Crippen molar-refractivity contribution in [1.82, 2.24) is 9.88 Å². The van der Waals surface area contributed by atoms with Crippen LogP contribution in [0.15, 0.2) is 30.5 Å². The molecule has 0 saturated heterocycles. The molecule has 0 unspecified atom stereocenters. The Bertz CT molecular complexity index is 587. The minimum absolute atomic E-state index is 0.0101. The highest BCUT2D eigenvalue weighted by Gasteiger charge is 2.10. The van der Waals surface area contributed by atoms with Crippen LogP contribution in [0.1, 0.15) is 25.8 Å². The Labute approximate surface area is 119 Å². The Morgan fingerprint density at radius 3 is 2.80 bits per heavy atom. The van der Waals surface area contributed by atoms with Crippen LogP contribution >= 0.6 is 0 Å². The number of amides is 1. The zero-order chi connectivity index (χ0) is 14.5. The summed E-state index contributed by atoms with van der Waals surface area (Å²) in [7, 11) is 0. The first-order valence-electron chi connectivity index (χ1n) is 7.06. The van der Waals surface area contributed by atoms with Crippen molar-refractivity contribution in [2.24, 2.45) is 5.92 Å². The van der Waals surface area contributed by atoms with Crippen molar-refractivity contribution >= 4 is 16.8 Å². The number of hydrogen-bond donors (Lipinski definition) is 2. The van der Waals surface area contributed by atoms with E-state index in [9.17, 15) is 9.90 Å². The second-order valence-corrected chi connectivity index (χ2v) is 5.49. The zero-order valence-electron chi connectivity index (χ0n) is 12.1. The molecule has 0 fully saturated rings. The molecular weight excluding hydrogens is 252 g/mol. The summed E-state index contributed by atoms with van der Waals surface area (Å²) >= 11 is 0. The van der Waals surface area contributed by atoms with Crippen molar-refractivity contribution in [1.29, 1.82) is 0 Å². The van der Waals surface area contributed by atoms with Gasteiger partial charge in [-0.3, -0.25) is 4.79 Å². The number of carbonyl (C=O) groups excluding carboxylic acids is 1. The van der Waals surface area contributed by atoms with E-state index in [1.807, 2.05) is 35.0 Å². The van der Waals surface area contributed by atoms with Crippen LogP contribution in [0.4, 0.5) is 0 Å². The van der Waals surface area contributed by atoms with Gasteiger partial charge in [-0.1, -0.05) is 32.0 Å². The van der Waals surface area contributed by atoms with Gasteiger partial charge in [0.05, 0.1) is 6.61 Å². The van der Waals surface area contributed by atoms with E-state index in [4.69, 9.17) is 0 Å². The summed E-state index contributed by atoms with van der Waals surface area (Å²) in [5.41, 5.74) is 1.84. The maximum Gasteiger partial charge on any atom is 0.239 e. The topological polar surface area (TPSA) is 54.3 Å². The molecular formula is C16H22N2O2. The summed E-state index contributed by atoms with van der Waals surface area (Å²) in [6.45, 7) is 5.27. The van der Waals surface area contributed by atoms with Crippen LogP contribution in [0, 0.1) is 5.92 Å². The number of benzene rings is 1. The van der Waals surface area contributed by atoms with Crippen LogP contribution in [-0.2, 0) is 17.9 Å². The number of fused-ring (bicyclic) bond motifs is 1. The summed E-state index contributed by atoms with van der Waals surface area (Å²) in [6.07, 6.45) is 2.84. The molecule has 4 heteroatoms. The highest BCUT2D eigenvalue weighted by atomic mass is 16.3. The molecule has 1 amide bonds. The van der Waals surface area contributed by atoms with Crippen molar-refractivity contribution in [3.8, 4) is 0 Å². The number of aromatic nitrogens is 1. The van der Waals surface area contributed by atoms with Crippen LogP contribution in [0.25, 0.3) is 10.9 Å². The van der Waals surface area contributed by atoms with Gasteiger partial charge in [0, 0.05) is 29.2 Å². The fourth-order valence-corrected chi connectivity index (χ4v) is 2.29. The first-order valence-corrected chi connectivity index (χ1v) is 7.06. The Hall–Kier alpha value is -1.81. The number of hydrogen-bond acceptors (Lipinski definition) is 2. The third-order valence-electron chi connectivity index (χ3n) is 3.40. The first kappa shape index (κ1) is 14.6. The number of rotatable bonds is 6. The standard InChI is InChI=1S/C16H22N2O2/c1-12(2)7-8-17-16(20)10-18-9-13(11-19)14-5-3-4-6-15(14)18/h3-6,9,12,19H,7-8,10-11H2,1-2H3,(H,17,20). The predicted molar refractivity (Wildman–Crippen MR) is 80.3 cm³/mol. The maximum atomic E-state index is 11.9. The van der Waals surface area contributed by atoms with Gasteiger partial charge < -0.3 is 15.0 Å². The van der Waals surface area contributed by atoms with Crippen molar-refractivity contribution in [3.63, 3.8) is 0 Å². The quantitative estimate of drug-likeness (QED) is 0.849. The van der Waals surface area contributed by atoms with E-state index in [-0.39, 0.29) is 12.5 Å². The van der Waals surface area contributed by atoms with Crippen LogP contribution in [0.2, 0.25) is 0 Å². The molecule has 20 heavy (non-hydrogen) atoms. The molecule has 4 nitrogen and oxygen atoms in total. The van der Waals surface area contributed by atoms with E-state index in [1.165, 1.54) is 0 Å². The van der Waals surface area contributed by atoms with Gasteiger partial charge in [-0.05, 0) is 18.4 Å². The average Bonchev–Trinajstić information content (AvgIpc) is 2.77. The minimum atomic E-state index is -0.0114. The Kier molecular flexibility index (Phi) is 4.79. The Morgan fingerprint density at radius 2 is 2.10 bits per heavy atom. The van der Waals surface area contributed by atoms with Gasteiger partial charge in [-0.25, -0.2) is 0 Å². The zero-order valence-corrected chi connectivity index (χ0v) is 12.1. The van der Waals surface area contributed by atoms with Gasteiger partial charge >= 0.3 is 0 Å². The maximum absolute atomic E-state index is 11.9. The summed E-state index contributed by atoms with van der Waals surface area (Å²) in [6, 6.07) is 7.81. The Balaban J connectivity index is 2.08. The molecule has 1 aromatic carbocycles. The number of carbonyl (C=O) groups is 1. The molecule has 1 heterocycles. The molecule has 1 aromatic heterocycles. The molecule has 108 valence electrons. The van der Waals surface area contributed by atoms with Crippen molar-refractivity contribution < 1.29 is 9.90 Å². The number of aliphatic hydroxyl groups is 1. The molecule has 0 aliphatic rings. The molecule has 0 aliphatic carbocycles. The highest BCUT2D eigenvalue weighted by Crippen LogP contribution is 2.21. The van der Waals surface area contributed by atoms with Gasteiger partial charge in [0.2, 0.25) is 5.91 Å². The van der Waals surface area contributed by atoms with Crippen molar-refractivity contribution in [3.05, 3.63) is 36.0 Å². The monoisotopic (exact) mass is 274 g/mol. The minimum Gasteiger partial charge on any atom is -0.392 e. The molecule has 0 radical (unpaired) electrons. The van der Waals surface area contributed by atoms with Crippen molar-refractivity contribution in [2.45, 2.75) is 33.4 Å². The van der Waals surface area contributed by atoms with Crippen molar-refractivity contribution in [2.75, 3.05) is 6.54 Å². The van der Waals surface area contributed by atoms with Gasteiger partial charge in [0.15, 0.2) is 0 Å². The lowest BCUT2D eigenvalue weighted by atomic mass is 10.1. The molecule has 0 bridgehead atoms. The summed E-state index contributed by atoms with van der Waals surface area (Å²) < 4.78 is 1.89. The average molecular weight is 274 g/mol. The molecule has 2 N–H and O–H groups in total. The van der Waals surface area contributed by atoms with Crippen LogP contribution < -0.4 is 5.32 Å². The second-order valence-electron chi connectivity index (χ2n) is 5.49. The lowest BCUT2D eigenvalue weighted by molar-refractivity contribution is -0.121. The smallest absolute Gasteiger partial charge is 0.239 e. The van der Waals surface area contributed by atoms with E-state index >= 15 is 0 Å². The normalized spacial score (nSPS) is 11.2. The Morgan fingerprint density at radius 1 is 1.35 bits per heavy atom. The van der Waals surface area contributed by atoms with Gasteiger partial charge in [0.25, 0.3) is 0 Å². The molecule has 0 aliphatic heterocycles. The van der Waals surface area contributed by atoms with E-state index in [2.05, 4.69) is 19.2 Å². The largest absolute Gasteiger partial charge is 0.392 e. The molecule has 0 spiro atoms. The number of aliphatic hydroxyl groups excluding tert-OH is 1. The van der Waals surface area contributed by atoms with Gasteiger partial charge in [-0.2, -0.15) is 0 Å². The highest BCUT2D eigenvalue weighted by molar-refractivity contribution is 5.86. The molecule has 0 saturated carbocycles. The molecule has 0 atom stereocenters. The van der Waals surface area contributed by atoms with Gasteiger partial charge in [0.1, 0.15) is 6.54 Å². The van der Waals surface area contributed by atoms with Crippen LogP contribution in [0.3, 0.4) is 0 Å². The molecule has 2 rings (SSSR count). The van der Waals surface area contributed by atoms with E-state index in [1.54, 1.807) is 0 Å². The lowest BCUT2D eigenvalue weighted by Crippen LogP contribution is -2.28. The summed E-state index contributed by atoms with van der Waals surface area (Å²) in [4.78, 5) is 11.9. The fourth-order valence-electron chi connectivity index (χ4n) is 2.29. The van der Waals surface area contributed by atoms with Crippen LogP contribution in [-0.4, -0.2) is 22.1 Å². The third-order valence-corrected chi connectivity index (χ3v) is 3.40. The number of para-hydroxylation sites is 1. The van der Waals surface area contributed by atoms with E-state index < -0.39 is 0 Å². The second kappa shape index (κ2) is 6.57. The third kappa shape index (κ3) is 3.39. The van der Waals surface area contributed by atoms with Crippen LogP contribution in [0.5, 0.6) is 0 Å². The lowest BCUT2D eigenvalue weighted by Gasteiger charge is -2.08.